The first-order chi connectivity index (χ1) is 20.3. The second-order valence-electron chi connectivity index (χ2n) is 10.6. The molecule has 0 aliphatic rings. The van der Waals surface area contributed by atoms with Gasteiger partial charge in [-0.2, -0.15) is 11.8 Å². The number of amides is 2. The van der Waals surface area contributed by atoms with Crippen LogP contribution in [0.25, 0.3) is 0 Å². The van der Waals surface area contributed by atoms with Gasteiger partial charge >= 0.3 is 17.9 Å². The van der Waals surface area contributed by atoms with Crippen molar-refractivity contribution in [3.8, 4) is 0 Å². The zero-order valence-corrected chi connectivity index (χ0v) is 25.6. The van der Waals surface area contributed by atoms with E-state index < -0.39 is 60.2 Å². The Morgan fingerprint density at radius 1 is 0.930 bits per heavy atom. The average molecular weight is 620 g/mol. The highest BCUT2D eigenvalue weighted by molar-refractivity contribution is 7.98. The minimum absolute atomic E-state index is 0.0726. The van der Waals surface area contributed by atoms with E-state index in [0.717, 1.165) is 5.56 Å². The third-order valence-electron chi connectivity index (χ3n) is 6.97. The molecule has 0 saturated carbocycles. The SMILES string of the molecule is CSCC[C@H](NC(=O)[C@H](Cc1ccccc1)NC(=O)[C@@H](NCc1cnc(CC(CC(=O)O)C(=O)O)n1C)C(C)C)C(=O)O. The van der Waals surface area contributed by atoms with Crippen LogP contribution >= 0.6 is 11.8 Å². The van der Waals surface area contributed by atoms with E-state index in [4.69, 9.17) is 5.11 Å². The van der Waals surface area contributed by atoms with Crippen LogP contribution in [0.3, 0.4) is 0 Å². The van der Waals surface area contributed by atoms with E-state index in [0.29, 0.717) is 17.3 Å². The van der Waals surface area contributed by atoms with E-state index >= 15 is 0 Å². The van der Waals surface area contributed by atoms with Gasteiger partial charge in [0.2, 0.25) is 11.8 Å². The van der Waals surface area contributed by atoms with Gasteiger partial charge in [0.1, 0.15) is 17.9 Å². The number of nitrogens with one attached hydrogen (secondary N) is 3. The van der Waals surface area contributed by atoms with Crippen molar-refractivity contribution < 1.29 is 39.3 Å². The van der Waals surface area contributed by atoms with Gasteiger partial charge in [-0.15, -0.1) is 0 Å². The number of rotatable bonds is 19. The van der Waals surface area contributed by atoms with Crippen molar-refractivity contribution in [1.29, 1.82) is 0 Å². The fraction of sp³-hybridized carbons (Fsp3) is 0.517. The minimum atomic E-state index is -1.23. The summed E-state index contributed by atoms with van der Waals surface area (Å²) < 4.78 is 1.66. The Balaban J connectivity index is 2.18. The van der Waals surface area contributed by atoms with Crippen molar-refractivity contribution in [3.05, 3.63) is 53.6 Å². The van der Waals surface area contributed by atoms with Gasteiger partial charge in [-0.25, -0.2) is 9.78 Å². The summed E-state index contributed by atoms with van der Waals surface area (Å²) in [4.78, 5) is 65.3. The summed E-state index contributed by atoms with van der Waals surface area (Å²) in [7, 11) is 1.68. The molecule has 0 saturated heterocycles. The third kappa shape index (κ3) is 11.4. The van der Waals surface area contributed by atoms with Gasteiger partial charge in [0, 0.05) is 32.6 Å². The van der Waals surface area contributed by atoms with Crippen LogP contribution in [0.1, 0.15) is 43.8 Å². The Kier molecular flexibility index (Phi) is 14.2. The molecule has 4 atom stereocenters. The van der Waals surface area contributed by atoms with Crippen LogP contribution in [0.4, 0.5) is 0 Å². The van der Waals surface area contributed by atoms with Crippen LogP contribution in [0.15, 0.2) is 36.5 Å². The molecule has 0 bridgehead atoms. The fourth-order valence-corrected chi connectivity index (χ4v) is 4.92. The van der Waals surface area contributed by atoms with Crippen LogP contribution < -0.4 is 16.0 Å². The Morgan fingerprint density at radius 2 is 1.58 bits per heavy atom. The smallest absolute Gasteiger partial charge is 0.326 e. The lowest BCUT2D eigenvalue weighted by molar-refractivity contribution is -0.148. The second kappa shape index (κ2) is 17.3. The summed E-state index contributed by atoms with van der Waals surface area (Å²) >= 11 is 1.47. The highest BCUT2D eigenvalue weighted by Gasteiger charge is 2.30. The number of imidazole rings is 1. The quantitative estimate of drug-likeness (QED) is 0.132. The molecule has 1 heterocycles. The first-order valence-corrected chi connectivity index (χ1v) is 15.3. The van der Waals surface area contributed by atoms with Crippen LogP contribution in [0.2, 0.25) is 0 Å². The summed E-state index contributed by atoms with van der Waals surface area (Å²) in [5, 5.41) is 36.6. The Bertz CT molecular complexity index is 1250. The number of aromatic nitrogens is 2. The number of carboxylic acid groups (broad SMARTS) is 3. The van der Waals surface area contributed by atoms with Gasteiger partial charge in [0.05, 0.1) is 24.1 Å². The van der Waals surface area contributed by atoms with E-state index in [9.17, 15) is 34.2 Å². The molecule has 236 valence electrons. The van der Waals surface area contributed by atoms with Gasteiger partial charge in [0.15, 0.2) is 0 Å². The van der Waals surface area contributed by atoms with Crippen LogP contribution in [-0.2, 0) is 50.4 Å². The maximum atomic E-state index is 13.5. The largest absolute Gasteiger partial charge is 0.481 e. The Morgan fingerprint density at radius 3 is 2.14 bits per heavy atom. The van der Waals surface area contributed by atoms with Crippen molar-refractivity contribution >= 4 is 41.5 Å². The molecular weight excluding hydrogens is 578 g/mol. The topological polar surface area (TPSA) is 200 Å². The van der Waals surface area contributed by atoms with E-state index in [1.165, 1.54) is 18.0 Å². The molecule has 13 nitrogen and oxygen atoms in total. The van der Waals surface area contributed by atoms with Crippen molar-refractivity contribution in [2.45, 2.75) is 64.2 Å². The van der Waals surface area contributed by atoms with E-state index in [1.54, 1.807) is 11.6 Å². The minimum Gasteiger partial charge on any atom is -0.481 e. The molecule has 0 aliphatic carbocycles. The molecule has 0 fully saturated rings. The number of carbonyl (C=O) groups excluding carboxylic acids is 2. The number of thioether (sulfide) groups is 1. The van der Waals surface area contributed by atoms with E-state index in [1.807, 2.05) is 50.4 Å². The molecule has 43 heavy (non-hydrogen) atoms. The number of aliphatic carboxylic acids is 3. The monoisotopic (exact) mass is 619 g/mol. The number of hydrogen-bond acceptors (Lipinski definition) is 8. The summed E-state index contributed by atoms with van der Waals surface area (Å²) in [6, 6.07) is 6.23. The molecule has 2 aromatic rings. The van der Waals surface area contributed by atoms with Crippen molar-refractivity contribution in [2.24, 2.45) is 18.9 Å². The molecule has 2 rings (SSSR count). The number of hydrogen-bond donors (Lipinski definition) is 6. The molecule has 1 aromatic heterocycles. The maximum absolute atomic E-state index is 13.5. The van der Waals surface area contributed by atoms with Gasteiger partial charge < -0.3 is 30.5 Å². The number of carboxylic acids is 3. The Labute approximate surface area is 254 Å². The maximum Gasteiger partial charge on any atom is 0.326 e. The molecule has 6 N–H and O–H groups in total. The zero-order valence-electron chi connectivity index (χ0n) is 24.8. The first kappa shape index (κ1) is 35.3. The van der Waals surface area contributed by atoms with Crippen LogP contribution in [0, 0.1) is 11.8 Å². The predicted octanol–water partition coefficient (Wildman–Crippen LogP) is 1.30. The normalized spacial score (nSPS) is 14.0. The van der Waals surface area contributed by atoms with Crippen molar-refractivity contribution in [1.82, 2.24) is 25.5 Å². The van der Waals surface area contributed by atoms with Gasteiger partial charge in [-0.05, 0) is 29.9 Å². The lowest BCUT2D eigenvalue weighted by Gasteiger charge is -2.26. The Hall–Kier alpha value is -3.91. The zero-order chi connectivity index (χ0) is 32.1. The van der Waals surface area contributed by atoms with Gasteiger partial charge in [0.25, 0.3) is 0 Å². The van der Waals surface area contributed by atoms with Crippen LogP contribution in [0.5, 0.6) is 0 Å². The average Bonchev–Trinajstić information content (AvgIpc) is 3.28. The first-order valence-electron chi connectivity index (χ1n) is 13.9. The summed E-state index contributed by atoms with van der Waals surface area (Å²) in [6.07, 6.45) is 3.16. The summed E-state index contributed by atoms with van der Waals surface area (Å²) in [6.45, 7) is 3.86. The van der Waals surface area contributed by atoms with E-state index in [-0.39, 0.29) is 31.7 Å². The molecule has 2 amide bonds. The van der Waals surface area contributed by atoms with Crippen LogP contribution in [-0.4, -0.2) is 84.7 Å². The molecule has 0 radical (unpaired) electrons. The van der Waals surface area contributed by atoms with Crippen molar-refractivity contribution in [2.75, 3.05) is 12.0 Å². The molecule has 14 heteroatoms. The number of carbonyl (C=O) groups is 5. The summed E-state index contributed by atoms with van der Waals surface area (Å²) in [5.74, 6) is -5.04. The molecule has 1 unspecified atom stereocenters. The summed E-state index contributed by atoms with van der Waals surface area (Å²) in [5.41, 5.74) is 1.43. The molecule has 0 aliphatic heterocycles. The number of nitrogens with zero attached hydrogens (tertiary/aromatic N) is 2. The van der Waals surface area contributed by atoms with Gasteiger partial charge in [-0.1, -0.05) is 44.2 Å². The molecular formula is C29H41N5O8S. The molecule has 0 spiro atoms. The van der Waals surface area contributed by atoms with Gasteiger partial charge in [-0.3, -0.25) is 24.5 Å². The standard InChI is InChI=1S/C29H41N5O8S/c1-17(2)25(31-16-20-15-30-23(34(20)3)13-19(28(39)40)14-24(35)36)27(38)33-22(12-18-8-6-5-7-9-18)26(37)32-21(29(41)42)10-11-43-4/h5-9,15,17,19,21-22,25,31H,10-14,16H2,1-4H3,(H,32,37)(H,33,38)(H,35,36)(H,39,40)(H,41,42)/t19?,21-,22-,25-/m0/s1. The lowest BCUT2D eigenvalue weighted by atomic mass is 10.0. The lowest BCUT2D eigenvalue weighted by Crippen LogP contribution is -2.56. The third-order valence-corrected chi connectivity index (χ3v) is 7.62. The predicted molar refractivity (Wildman–Crippen MR) is 160 cm³/mol. The highest BCUT2D eigenvalue weighted by atomic mass is 32.2. The molecule has 1 aromatic carbocycles. The van der Waals surface area contributed by atoms with E-state index in [2.05, 4.69) is 20.9 Å². The number of benzene rings is 1. The van der Waals surface area contributed by atoms with Crippen molar-refractivity contribution in [3.63, 3.8) is 0 Å². The second-order valence-corrected chi connectivity index (χ2v) is 11.6. The highest BCUT2D eigenvalue weighted by Crippen LogP contribution is 2.15. The fourth-order valence-electron chi connectivity index (χ4n) is 4.45.